The van der Waals surface area contributed by atoms with E-state index in [4.69, 9.17) is 9.84 Å². The third-order valence-electron chi connectivity index (χ3n) is 2.32. The number of ether oxygens (including phenoxy) is 1. The molecule has 0 fully saturated rings. The van der Waals surface area contributed by atoms with Gasteiger partial charge in [-0.1, -0.05) is 6.07 Å². The normalized spacial score (nSPS) is 14.5. The van der Waals surface area contributed by atoms with E-state index in [1.165, 1.54) is 0 Å². The first-order valence-corrected chi connectivity index (χ1v) is 6.60. The summed E-state index contributed by atoms with van der Waals surface area (Å²) in [5.41, 5.74) is 0. The Labute approximate surface area is 106 Å². The minimum atomic E-state index is -0.792. The molecule has 0 radical (unpaired) electrons. The zero-order chi connectivity index (χ0) is 12.7. The number of nitrogens with one attached hydrogen (secondary N) is 1. The molecule has 1 aromatic heterocycles. The Hall–Kier alpha value is -0.910. The zero-order valence-corrected chi connectivity index (χ0v) is 11.0. The van der Waals surface area contributed by atoms with Gasteiger partial charge < -0.3 is 15.2 Å². The number of aliphatic carboxylic acids is 1. The standard InChI is InChI=1S/C12H19NO3S/c1-3-16-8-9(2)13-10(7-12(14)15)11-5-4-6-17-11/h4-6,9-10,13H,3,7-8H2,1-2H3,(H,14,15). The maximum absolute atomic E-state index is 10.8. The van der Waals surface area contributed by atoms with Crippen molar-refractivity contribution in [3.63, 3.8) is 0 Å². The monoisotopic (exact) mass is 257 g/mol. The molecule has 0 bridgehead atoms. The van der Waals surface area contributed by atoms with Crippen molar-refractivity contribution >= 4 is 17.3 Å². The summed E-state index contributed by atoms with van der Waals surface area (Å²) >= 11 is 1.57. The van der Waals surface area contributed by atoms with E-state index in [-0.39, 0.29) is 18.5 Å². The molecule has 0 saturated carbocycles. The van der Waals surface area contributed by atoms with Crippen molar-refractivity contribution in [3.8, 4) is 0 Å². The molecule has 96 valence electrons. The summed E-state index contributed by atoms with van der Waals surface area (Å²) in [6, 6.07) is 3.90. The number of carboxylic acids is 1. The van der Waals surface area contributed by atoms with E-state index in [0.717, 1.165) is 4.88 Å². The van der Waals surface area contributed by atoms with Crippen molar-refractivity contribution in [1.29, 1.82) is 0 Å². The largest absolute Gasteiger partial charge is 0.481 e. The summed E-state index contributed by atoms with van der Waals surface area (Å²) in [7, 11) is 0. The number of carboxylic acid groups (broad SMARTS) is 1. The lowest BCUT2D eigenvalue weighted by Gasteiger charge is -2.21. The molecule has 2 atom stereocenters. The highest BCUT2D eigenvalue weighted by Crippen LogP contribution is 2.22. The fourth-order valence-electron chi connectivity index (χ4n) is 1.59. The minimum Gasteiger partial charge on any atom is -0.481 e. The Balaban J connectivity index is 2.55. The van der Waals surface area contributed by atoms with Crippen molar-refractivity contribution in [3.05, 3.63) is 22.4 Å². The average molecular weight is 257 g/mol. The van der Waals surface area contributed by atoms with Gasteiger partial charge in [0.05, 0.1) is 19.1 Å². The number of hydrogen-bond donors (Lipinski definition) is 2. The Morgan fingerprint density at radius 3 is 2.94 bits per heavy atom. The van der Waals surface area contributed by atoms with Crippen LogP contribution >= 0.6 is 11.3 Å². The van der Waals surface area contributed by atoms with E-state index in [0.29, 0.717) is 13.2 Å². The summed E-state index contributed by atoms with van der Waals surface area (Å²) in [5, 5.41) is 14.2. The van der Waals surface area contributed by atoms with E-state index >= 15 is 0 Å². The van der Waals surface area contributed by atoms with Crippen LogP contribution in [0.3, 0.4) is 0 Å². The van der Waals surface area contributed by atoms with Crippen molar-refractivity contribution in [2.24, 2.45) is 0 Å². The molecule has 0 amide bonds. The van der Waals surface area contributed by atoms with Gasteiger partial charge in [-0.25, -0.2) is 0 Å². The van der Waals surface area contributed by atoms with Crippen LogP contribution in [0.5, 0.6) is 0 Å². The van der Waals surface area contributed by atoms with Gasteiger partial charge in [-0.2, -0.15) is 0 Å². The second-order valence-electron chi connectivity index (χ2n) is 3.89. The summed E-state index contributed by atoms with van der Waals surface area (Å²) in [6.07, 6.45) is 0.0942. The van der Waals surface area contributed by atoms with Crippen LogP contribution in [0.4, 0.5) is 0 Å². The minimum absolute atomic E-state index is 0.0942. The lowest BCUT2D eigenvalue weighted by atomic mass is 10.1. The van der Waals surface area contributed by atoms with E-state index in [2.05, 4.69) is 5.32 Å². The van der Waals surface area contributed by atoms with Crippen molar-refractivity contribution in [1.82, 2.24) is 5.32 Å². The molecule has 1 aromatic rings. The molecule has 0 aliphatic carbocycles. The molecule has 0 spiro atoms. The van der Waals surface area contributed by atoms with Crippen molar-refractivity contribution in [2.45, 2.75) is 32.4 Å². The van der Waals surface area contributed by atoms with Gasteiger partial charge in [0.2, 0.25) is 0 Å². The average Bonchev–Trinajstić information content (AvgIpc) is 2.78. The maximum atomic E-state index is 10.8. The molecule has 1 rings (SSSR count). The van der Waals surface area contributed by atoms with Gasteiger partial charge in [0.1, 0.15) is 0 Å². The van der Waals surface area contributed by atoms with Gasteiger partial charge in [0.15, 0.2) is 0 Å². The number of rotatable bonds is 8. The molecule has 0 saturated heterocycles. The lowest BCUT2D eigenvalue weighted by molar-refractivity contribution is -0.137. The number of carbonyl (C=O) groups is 1. The Morgan fingerprint density at radius 1 is 1.65 bits per heavy atom. The molecule has 2 N–H and O–H groups in total. The zero-order valence-electron chi connectivity index (χ0n) is 10.2. The molecule has 0 aliphatic heterocycles. The van der Waals surface area contributed by atoms with Crippen molar-refractivity contribution in [2.75, 3.05) is 13.2 Å². The molecule has 17 heavy (non-hydrogen) atoms. The van der Waals surface area contributed by atoms with Crippen LogP contribution < -0.4 is 5.32 Å². The second-order valence-corrected chi connectivity index (χ2v) is 4.87. The first-order valence-electron chi connectivity index (χ1n) is 5.72. The SMILES string of the molecule is CCOCC(C)NC(CC(=O)O)c1cccs1. The Kier molecular flexibility index (Phi) is 6.18. The molecule has 4 nitrogen and oxygen atoms in total. The molecular weight excluding hydrogens is 238 g/mol. The number of hydrogen-bond acceptors (Lipinski definition) is 4. The van der Waals surface area contributed by atoms with Crippen LogP contribution in [0.15, 0.2) is 17.5 Å². The first-order chi connectivity index (χ1) is 8.13. The molecule has 5 heteroatoms. The van der Waals surface area contributed by atoms with Crippen LogP contribution in [-0.2, 0) is 9.53 Å². The van der Waals surface area contributed by atoms with Gasteiger partial charge in [-0.3, -0.25) is 4.79 Å². The van der Waals surface area contributed by atoms with Crippen LogP contribution in [0.25, 0.3) is 0 Å². The van der Waals surface area contributed by atoms with Gasteiger partial charge in [-0.15, -0.1) is 11.3 Å². The molecular formula is C12H19NO3S. The highest BCUT2D eigenvalue weighted by atomic mass is 32.1. The lowest BCUT2D eigenvalue weighted by Crippen LogP contribution is -2.34. The predicted octanol–water partition coefficient (Wildman–Crippen LogP) is 2.28. The Morgan fingerprint density at radius 2 is 2.41 bits per heavy atom. The molecule has 1 heterocycles. The quantitative estimate of drug-likeness (QED) is 0.750. The van der Waals surface area contributed by atoms with Gasteiger partial charge in [0, 0.05) is 17.5 Å². The highest BCUT2D eigenvalue weighted by Gasteiger charge is 2.18. The summed E-state index contributed by atoms with van der Waals surface area (Å²) in [4.78, 5) is 11.9. The first kappa shape index (κ1) is 14.2. The summed E-state index contributed by atoms with van der Waals surface area (Å²) in [5.74, 6) is -0.792. The van der Waals surface area contributed by atoms with Crippen LogP contribution in [-0.4, -0.2) is 30.3 Å². The fraction of sp³-hybridized carbons (Fsp3) is 0.583. The fourth-order valence-corrected chi connectivity index (χ4v) is 2.38. The van der Waals surface area contributed by atoms with E-state index in [1.54, 1.807) is 11.3 Å². The molecule has 2 unspecified atom stereocenters. The van der Waals surface area contributed by atoms with E-state index in [9.17, 15) is 4.79 Å². The third-order valence-corrected chi connectivity index (χ3v) is 3.31. The van der Waals surface area contributed by atoms with Crippen LogP contribution in [0.1, 0.15) is 31.2 Å². The maximum Gasteiger partial charge on any atom is 0.305 e. The molecule has 0 aliphatic rings. The van der Waals surface area contributed by atoms with Gasteiger partial charge in [0.25, 0.3) is 0 Å². The van der Waals surface area contributed by atoms with Crippen LogP contribution in [0, 0.1) is 0 Å². The van der Waals surface area contributed by atoms with E-state index in [1.807, 2.05) is 31.4 Å². The number of thiophene rings is 1. The van der Waals surface area contributed by atoms with Crippen molar-refractivity contribution < 1.29 is 14.6 Å². The predicted molar refractivity (Wildman–Crippen MR) is 68.4 cm³/mol. The Bertz CT molecular complexity index is 327. The second kappa shape index (κ2) is 7.42. The highest BCUT2D eigenvalue weighted by molar-refractivity contribution is 7.10. The topological polar surface area (TPSA) is 58.6 Å². The summed E-state index contributed by atoms with van der Waals surface area (Å²) < 4.78 is 5.31. The van der Waals surface area contributed by atoms with Gasteiger partial charge >= 0.3 is 5.97 Å². The van der Waals surface area contributed by atoms with Gasteiger partial charge in [-0.05, 0) is 25.3 Å². The smallest absolute Gasteiger partial charge is 0.305 e. The van der Waals surface area contributed by atoms with Crippen LogP contribution in [0.2, 0.25) is 0 Å². The van der Waals surface area contributed by atoms with E-state index < -0.39 is 5.97 Å². The summed E-state index contributed by atoms with van der Waals surface area (Å²) in [6.45, 7) is 5.21. The molecule has 0 aromatic carbocycles. The third kappa shape index (κ3) is 5.30.